The van der Waals surface area contributed by atoms with Crippen LogP contribution in [0.1, 0.15) is 50.2 Å². The number of fused-ring (bicyclic) bond motifs is 1. The van der Waals surface area contributed by atoms with Gasteiger partial charge in [0.2, 0.25) is 5.75 Å². The summed E-state index contributed by atoms with van der Waals surface area (Å²) < 4.78 is 11.5. The van der Waals surface area contributed by atoms with Crippen LogP contribution in [0.4, 0.5) is 5.69 Å². The van der Waals surface area contributed by atoms with Crippen molar-refractivity contribution >= 4 is 5.69 Å². The van der Waals surface area contributed by atoms with Gasteiger partial charge in [-0.1, -0.05) is 19.9 Å². The van der Waals surface area contributed by atoms with E-state index in [1.165, 1.54) is 0 Å². The van der Waals surface area contributed by atoms with Gasteiger partial charge in [-0.2, -0.15) is 0 Å². The molecule has 1 aromatic rings. The van der Waals surface area contributed by atoms with E-state index in [1.807, 2.05) is 19.9 Å². The predicted molar refractivity (Wildman–Crippen MR) is 85.9 cm³/mol. The molecule has 1 atom stereocenters. The molecule has 0 spiro atoms. The van der Waals surface area contributed by atoms with Crippen LogP contribution in [-0.4, -0.2) is 18.1 Å². The lowest BCUT2D eigenvalue weighted by Gasteiger charge is -2.17. The largest absolute Gasteiger partial charge is 0.489 e. The van der Waals surface area contributed by atoms with E-state index in [2.05, 4.69) is 6.58 Å². The van der Waals surface area contributed by atoms with Gasteiger partial charge in [0.25, 0.3) is 0 Å². The monoisotopic (exact) mass is 305 g/mol. The minimum atomic E-state index is -0.386. The Balaban J connectivity index is 2.57. The second-order valence-electron chi connectivity index (χ2n) is 5.46. The van der Waals surface area contributed by atoms with E-state index in [4.69, 9.17) is 9.47 Å². The summed E-state index contributed by atoms with van der Waals surface area (Å²) in [6.07, 6.45) is 5.24. The second kappa shape index (κ2) is 7.29. The minimum absolute atomic E-state index is 0.00736. The van der Waals surface area contributed by atoms with E-state index in [1.54, 1.807) is 6.07 Å². The SMILES string of the molecule is C=CC1CCc2c1cc([N+](=O)[O-])c(OCCC)c2OCCC. The van der Waals surface area contributed by atoms with Crippen LogP contribution in [0.15, 0.2) is 18.7 Å². The van der Waals surface area contributed by atoms with Crippen molar-refractivity contribution in [1.82, 2.24) is 0 Å². The summed E-state index contributed by atoms with van der Waals surface area (Å²) in [4.78, 5) is 11.1. The maximum absolute atomic E-state index is 11.4. The molecular formula is C17H23NO4. The van der Waals surface area contributed by atoms with E-state index in [0.717, 1.165) is 36.8 Å². The maximum Gasteiger partial charge on any atom is 0.315 e. The van der Waals surface area contributed by atoms with Crippen molar-refractivity contribution in [3.8, 4) is 11.5 Å². The quantitative estimate of drug-likeness (QED) is 0.406. The van der Waals surface area contributed by atoms with E-state index in [0.29, 0.717) is 19.0 Å². The van der Waals surface area contributed by atoms with E-state index in [-0.39, 0.29) is 22.3 Å². The van der Waals surface area contributed by atoms with Gasteiger partial charge in [0.05, 0.1) is 18.1 Å². The molecule has 0 saturated heterocycles. The highest BCUT2D eigenvalue weighted by Crippen LogP contribution is 2.48. The molecule has 0 aromatic heterocycles. The zero-order valence-corrected chi connectivity index (χ0v) is 13.3. The third-order valence-corrected chi connectivity index (χ3v) is 3.84. The van der Waals surface area contributed by atoms with Gasteiger partial charge in [0.15, 0.2) is 5.75 Å². The molecule has 0 amide bonds. The third-order valence-electron chi connectivity index (χ3n) is 3.84. The second-order valence-corrected chi connectivity index (χ2v) is 5.46. The van der Waals surface area contributed by atoms with Crippen LogP contribution < -0.4 is 9.47 Å². The number of nitro groups is 1. The summed E-state index contributed by atoms with van der Waals surface area (Å²) in [5.41, 5.74) is 1.98. The molecule has 22 heavy (non-hydrogen) atoms. The third kappa shape index (κ3) is 3.08. The Morgan fingerprint density at radius 3 is 2.50 bits per heavy atom. The molecule has 0 aliphatic heterocycles. The highest BCUT2D eigenvalue weighted by atomic mass is 16.6. The van der Waals surface area contributed by atoms with Gasteiger partial charge in [-0.3, -0.25) is 10.1 Å². The summed E-state index contributed by atoms with van der Waals surface area (Å²) in [6.45, 7) is 8.78. The summed E-state index contributed by atoms with van der Waals surface area (Å²) in [5.74, 6) is 0.991. The van der Waals surface area contributed by atoms with E-state index >= 15 is 0 Å². The van der Waals surface area contributed by atoms with Gasteiger partial charge in [-0.25, -0.2) is 0 Å². The van der Waals surface area contributed by atoms with Crippen molar-refractivity contribution in [2.75, 3.05) is 13.2 Å². The topological polar surface area (TPSA) is 61.6 Å². The molecule has 0 heterocycles. The van der Waals surface area contributed by atoms with Gasteiger partial charge >= 0.3 is 5.69 Å². The van der Waals surface area contributed by atoms with Crippen LogP contribution in [0.5, 0.6) is 11.5 Å². The fourth-order valence-electron chi connectivity index (χ4n) is 2.81. The molecule has 5 heteroatoms. The number of ether oxygens (including phenoxy) is 2. The maximum atomic E-state index is 11.4. The van der Waals surface area contributed by atoms with Crippen LogP contribution in [0.3, 0.4) is 0 Å². The number of nitro benzene ring substituents is 1. The molecule has 1 aliphatic rings. The molecule has 1 aliphatic carbocycles. The Labute approximate surface area is 131 Å². The zero-order chi connectivity index (χ0) is 16.1. The first-order valence-electron chi connectivity index (χ1n) is 7.86. The van der Waals surface area contributed by atoms with Crippen LogP contribution in [0.2, 0.25) is 0 Å². The standard InChI is InChI=1S/C17H23NO4/c1-4-9-21-16-13-8-7-12(6-3)14(13)11-15(18(19)20)17(16)22-10-5-2/h6,11-12H,3-5,7-10H2,1-2H3. The fourth-order valence-corrected chi connectivity index (χ4v) is 2.81. The number of benzene rings is 1. The summed E-state index contributed by atoms with van der Waals surface area (Å²) in [5, 5.41) is 11.4. The van der Waals surface area contributed by atoms with E-state index in [9.17, 15) is 10.1 Å². The molecular weight excluding hydrogens is 282 g/mol. The first kappa shape index (κ1) is 16.3. The van der Waals surface area contributed by atoms with Crippen molar-refractivity contribution in [3.63, 3.8) is 0 Å². The molecule has 0 N–H and O–H groups in total. The minimum Gasteiger partial charge on any atom is -0.489 e. The molecule has 0 bridgehead atoms. The molecule has 2 rings (SSSR count). The Bertz CT molecular complexity index is 568. The number of hydrogen-bond donors (Lipinski definition) is 0. The molecule has 1 unspecified atom stereocenters. The summed E-state index contributed by atoms with van der Waals surface area (Å²) in [6, 6.07) is 1.64. The van der Waals surface area contributed by atoms with Gasteiger partial charge < -0.3 is 9.47 Å². The lowest BCUT2D eigenvalue weighted by atomic mass is 10.00. The number of nitrogens with zero attached hydrogens (tertiary/aromatic N) is 1. The Kier molecular flexibility index (Phi) is 5.41. The lowest BCUT2D eigenvalue weighted by molar-refractivity contribution is -0.386. The van der Waals surface area contributed by atoms with Gasteiger partial charge in [0, 0.05) is 17.5 Å². The molecule has 0 saturated carbocycles. The number of hydrogen-bond acceptors (Lipinski definition) is 4. The first-order valence-corrected chi connectivity index (χ1v) is 7.86. The van der Waals surface area contributed by atoms with Crippen LogP contribution in [0, 0.1) is 10.1 Å². The molecule has 120 valence electrons. The fraction of sp³-hybridized carbons (Fsp3) is 0.529. The van der Waals surface area contributed by atoms with Crippen molar-refractivity contribution in [3.05, 3.63) is 40.0 Å². The smallest absolute Gasteiger partial charge is 0.315 e. The lowest BCUT2D eigenvalue weighted by Crippen LogP contribution is -2.07. The van der Waals surface area contributed by atoms with Crippen LogP contribution in [-0.2, 0) is 6.42 Å². The van der Waals surface area contributed by atoms with Gasteiger partial charge in [-0.05, 0) is 31.2 Å². The van der Waals surface area contributed by atoms with Crippen molar-refractivity contribution < 1.29 is 14.4 Å². The Morgan fingerprint density at radius 1 is 1.32 bits per heavy atom. The van der Waals surface area contributed by atoms with Gasteiger partial charge in [0.1, 0.15) is 0 Å². The highest BCUT2D eigenvalue weighted by Gasteiger charge is 2.32. The number of allylic oxidation sites excluding steroid dienone is 1. The Morgan fingerprint density at radius 2 is 1.95 bits per heavy atom. The highest BCUT2D eigenvalue weighted by molar-refractivity contribution is 5.65. The van der Waals surface area contributed by atoms with E-state index < -0.39 is 0 Å². The molecule has 0 fully saturated rings. The zero-order valence-electron chi connectivity index (χ0n) is 13.3. The molecule has 1 aromatic carbocycles. The average molecular weight is 305 g/mol. The number of rotatable bonds is 8. The van der Waals surface area contributed by atoms with Crippen molar-refractivity contribution in [2.45, 2.75) is 45.4 Å². The van der Waals surface area contributed by atoms with Crippen molar-refractivity contribution in [1.29, 1.82) is 0 Å². The first-order chi connectivity index (χ1) is 10.6. The van der Waals surface area contributed by atoms with Crippen LogP contribution >= 0.6 is 0 Å². The van der Waals surface area contributed by atoms with Crippen LogP contribution in [0.25, 0.3) is 0 Å². The Hall–Kier alpha value is -2.04. The van der Waals surface area contributed by atoms with Crippen molar-refractivity contribution in [2.24, 2.45) is 0 Å². The van der Waals surface area contributed by atoms with Gasteiger partial charge in [-0.15, -0.1) is 6.58 Å². The summed E-state index contributed by atoms with van der Waals surface area (Å²) in [7, 11) is 0. The molecule has 5 nitrogen and oxygen atoms in total. The predicted octanol–water partition coefficient (Wildman–Crippen LogP) is 4.39. The summed E-state index contributed by atoms with van der Waals surface area (Å²) >= 11 is 0. The normalized spacial score (nSPS) is 16.2. The average Bonchev–Trinajstić information content (AvgIpc) is 2.92. The molecule has 0 radical (unpaired) electrons.